The van der Waals surface area contributed by atoms with Gasteiger partial charge in [0.2, 0.25) is 0 Å². The van der Waals surface area contributed by atoms with Crippen LogP contribution in [-0.4, -0.2) is 23.0 Å². The van der Waals surface area contributed by atoms with Gasteiger partial charge in [-0.25, -0.2) is 0 Å². The number of nitrogens with one attached hydrogen (secondary N) is 1. The SMILES string of the molecule is COc1cc(C2Nc3ccccc3C(=O)N2Cc2ccc(C)cc2)ccc1O. The van der Waals surface area contributed by atoms with Crippen LogP contribution < -0.4 is 10.1 Å². The molecule has 3 aromatic rings. The van der Waals surface area contributed by atoms with Crippen molar-refractivity contribution < 1.29 is 14.6 Å². The highest BCUT2D eigenvalue weighted by atomic mass is 16.5. The van der Waals surface area contributed by atoms with Crippen LogP contribution in [0, 0.1) is 6.92 Å². The number of amides is 1. The number of aryl methyl sites for hydroxylation is 1. The lowest BCUT2D eigenvalue weighted by Crippen LogP contribution is -2.42. The van der Waals surface area contributed by atoms with Crippen molar-refractivity contribution in [3.63, 3.8) is 0 Å². The molecule has 0 spiro atoms. The summed E-state index contributed by atoms with van der Waals surface area (Å²) in [5, 5.41) is 13.4. The number of fused-ring (bicyclic) bond motifs is 1. The van der Waals surface area contributed by atoms with Crippen LogP contribution in [0.2, 0.25) is 0 Å². The average molecular weight is 374 g/mol. The minimum atomic E-state index is -0.377. The van der Waals surface area contributed by atoms with Gasteiger partial charge in [0.05, 0.1) is 12.7 Å². The normalized spacial score (nSPS) is 15.7. The molecule has 4 rings (SSSR count). The number of phenolic OH excluding ortho intramolecular Hbond substituents is 1. The van der Waals surface area contributed by atoms with E-state index in [0.29, 0.717) is 17.9 Å². The average Bonchev–Trinajstić information content (AvgIpc) is 2.72. The zero-order valence-electron chi connectivity index (χ0n) is 15.8. The third-order valence-corrected chi connectivity index (χ3v) is 5.02. The molecule has 1 heterocycles. The number of methoxy groups -OCH3 is 1. The van der Waals surface area contributed by atoms with Crippen molar-refractivity contribution in [2.24, 2.45) is 0 Å². The van der Waals surface area contributed by atoms with Crippen LogP contribution >= 0.6 is 0 Å². The fourth-order valence-electron chi connectivity index (χ4n) is 3.47. The van der Waals surface area contributed by atoms with Gasteiger partial charge in [-0.1, -0.05) is 48.0 Å². The number of hydrogen-bond acceptors (Lipinski definition) is 4. The molecule has 0 bridgehead atoms. The predicted octanol–water partition coefficient (Wildman–Crippen LogP) is 4.48. The summed E-state index contributed by atoms with van der Waals surface area (Å²) in [6, 6.07) is 20.8. The number of carbonyl (C=O) groups is 1. The summed E-state index contributed by atoms with van der Waals surface area (Å²) in [6.07, 6.45) is -0.377. The topological polar surface area (TPSA) is 61.8 Å². The molecule has 28 heavy (non-hydrogen) atoms. The first-order valence-corrected chi connectivity index (χ1v) is 9.16. The second-order valence-electron chi connectivity index (χ2n) is 6.94. The van der Waals surface area contributed by atoms with Gasteiger partial charge in [0.15, 0.2) is 11.5 Å². The maximum absolute atomic E-state index is 13.3. The summed E-state index contributed by atoms with van der Waals surface area (Å²) >= 11 is 0. The highest BCUT2D eigenvalue weighted by Gasteiger charge is 2.33. The van der Waals surface area contributed by atoms with Crippen molar-refractivity contribution in [1.29, 1.82) is 0 Å². The van der Waals surface area contributed by atoms with Gasteiger partial charge >= 0.3 is 0 Å². The molecular weight excluding hydrogens is 352 g/mol. The number of anilines is 1. The van der Waals surface area contributed by atoms with Gasteiger partial charge in [0.25, 0.3) is 5.91 Å². The second-order valence-corrected chi connectivity index (χ2v) is 6.94. The Morgan fingerprint density at radius 2 is 1.82 bits per heavy atom. The van der Waals surface area contributed by atoms with Gasteiger partial charge in [-0.15, -0.1) is 0 Å². The molecule has 1 aliphatic heterocycles. The molecule has 0 saturated carbocycles. The molecule has 1 unspecified atom stereocenters. The quantitative estimate of drug-likeness (QED) is 0.707. The van der Waals surface area contributed by atoms with Crippen molar-refractivity contribution in [2.45, 2.75) is 19.6 Å². The van der Waals surface area contributed by atoms with E-state index in [1.54, 1.807) is 23.1 Å². The van der Waals surface area contributed by atoms with E-state index >= 15 is 0 Å². The number of aromatic hydroxyl groups is 1. The Balaban J connectivity index is 1.76. The molecule has 5 nitrogen and oxygen atoms in total. The zero-order chi connectivity index (χ0) is 19.7. The minimum Gasteiger partial charge on any atom is -0.504 e. The monoisotopic (exact) mass is 374 g/mol. The number of rotatable bonds is 4. The molecule has 2 N–H and O–H groups in total. The van der Waals surface area contributed by atoms with Gasteiger partial charge in [-0.05, 0) is 42.3 Å². The summed E-state index contributed by atoms with van der Waals surface area (Å²) in [4.78, 5) is 15.1. The molecule has 1 aliphatic rings. The van der Waals surface area contributed by atoms with Crippen LogP contribution in [0.25, 0.3) is 0 Å². The van der Waals surface area contributed by atoms with E-state index in [4.69, 9.17) is 4.74 Å². The smallest absolute Gasteiger partial charge is 0.258 e. The van der Waals surface area contributed by atoms with Crippen LogP contribution in [0.5, 0.6) is 11.5 Å². The first-order chi connectivity index (χ1) is 13.6. The van der Waals surface area contributed by atoms with Crippen molar-refractivity contribution >= 4 is 11.6 Å². The van der Waals surface area contributed by atoms with E-state index in [2.05, 4.69) is 5.32 Å². The third-order valence-electron chi connectivity index (χ3n) is 5.02. The summed E-state index contributed by atoms with van der Waals surface area (Å²) < 4.78 is 5.26. The van der Waals surface area contributed by atoms with E-state index in [1.807, 2.05) is 55.5 Å². The lowest BCUT2D eigenvalue weighted by atomic mass is 10.0. The van der Waals surface area contributed by atoms with Crippen molar-refractivity contribution in [3.8, 4) is 11.5 Å². The first kappa shape index (κ1) is 17.9. The lowest BCUT2D eigenvalue weighted by Gasteiger charge is -2.38. The highest BCUT2D eigenvalue weighted by Crippen LogP contribution is 2.37. The molecule has 0 aliphatic carbocycles. The lowest BCUT2D eigenvalue weighted by molar-refractivity contribution is 0.0666. The number of para-hydroxylation sites is 1. The van der Waals surface area contributed by atoms with Crippen LogP contribution in [0.3, 0.4) is 0 Å². The van der Waals surface area contributed by atoms with E-state index in [0.717, 1.165) is 16.8 Å². The maximum Gasteiger partial charge on any atom is 0.258 e. The number of benzene rings is 3. The maximum atomic E-state index is 13.3. The van der Waals surface area contributed by atoms with E-state index in [9.17, 15) is 9.90 Å². The fraction of sp³-hybridized carbons (Fsp3) is 0.174. The molecule has 142 valence electrons. The molecule has 1 atom stereocenters. The van der Waals surface area contributed by atoms with Gasteiger partial charge in [0.1, 0.15) is 6.17 Å². The molecule has 0 radical (unpaired) electrons. The first-order valence-electron chi connectivity index (χ1n) is 9.16. The number of phenols is 1. The summed E-state index contributed by atoms with van der Waals surface area (Å²) in [5.74, 6) is 0.409. The van der Waals surface area contributed by atoms with Gasteiger partial charge < -0.3 is 20.1 Å². The second kappa shape index (κ2) is 7.27. The summed E-state index contributed by atoms with van der Waals surface area (Å²) in [6.45, 7) is 2.51. The van der Waals surface area contributed by atoms with Gasteiger partial charge in [-0.2, -0.15) is 0 Å². The summed E-state index contributed by atoms with van der Waals surface area (Å²) in [5.41, 5.74) is 4.51. The van der Waals surface area contributed by atoms with Gasteiger partial charge in [-0.3, -0.25) is 4.79 Å². The molecule has 1 amide bonds. The number of nitrogens with zero attached hydrogens (tertiary/aromatic N) is 1. The molecule has 0 aromatic heterocycles. The molecule has 5 heteroatoms. The summed E-state index contributed by atoms with van der Waals surface area (Å²) in [7, 11) is 1.51. The van der Waals surface area contributed by atoms with Crippen molar-refractivity contribution in [2.75, 3.05) is 12.4 Å². The number of carbonyl (C=O) groups excluding carboxylic acids is 1. The molecule has 0 saturated heterocycles. The number of hydrogen-bond donors (Lipinski definition) is 2. The zero-order valence-corrected chi connectivity index (χ0v) is 15.8. The Morgan fingerprint density at radius 3 is 2.57 bits per heavy atom. The molecule has 0 fully saturated rings. The predicted molar refractivity (Wildman–Crippen MR) is 109 cm³/mol. The van der Waals surface area contributed by atoms with Gasteiger partial charge in [0, 0.05) is 12.2 Å². The third kappa shape index (κ3) is 3.27. The van der Waals surface area contributed by atoms with E-state index in [-0.39, 0.29) is 17.8 Å². The minimum absolute atomic E-state index is 0.0352. The largest absolute Gasteiger partial charge is 0.504 e. The van der Waals surface area contributed by atoms with Crippen LogP contribution in [0.15, 0.2) is 66.7 Å². The van der Waals surface area contributed by atoms with Crippen LogP contribution in [0.1, 0.15) is 33.2 Å². The Kier molecular flexibility index (Phi) is 4.65. The Labute approximate surface area is 164 Å². The molecular formula is C23H22N2O3. The van der Waals surface area contributed by atoms with E-state index < -0.39 is 0 Å². The highest BCUT2D eigenvalue weighted by molar-refractivity contribution is 6.01. The Morgan fingerprint density at radius 1 is 1.07 bits per heavy atom. The Bertz CT molecular complexity index is 1010. The fourth-order valence-corrected chi connectivity index (χ4v) is 3.47. The van der Waals surface area contributed by atoms with E-state index in [1.165, 1.54) is 12.7 Å². The van der Waals surface area contributed by atoms with Crippen molar-refractivity contribution in [3.05, 3.63) is 89.0 Å². The van der Waals surface area contributed by atoms with Crippen LogP contribution in [-0.2, 0) is 6.54 Å². The van der Waals surface area contributed by atoms with Crippen molar-refractivity contribution in [1.82, 2.24) is 4.90 Å². The standard InChI is InChI=1S/C23H22N2O3/c1-15-7-9-16(10-8-15)14-25-22(17-11-12-20(26)21(13-17)28-2)24-19-6-4-3-5-18(19)23(25)27/h3-13,22,24,26H,14H2,1-2H3. The number of ether oxygens (including phenoxy) is 1. The van der Waals surface area contributed by atoms with Crippen LogP contribution in [0.4, 0.5) is 5.69 Å². The Hall–Kier alpha value is -3.47. The molecule has 3 aromatic carbocycles.